The predicted molar refractivity (Wildman–Crippen MR) is 75.1 cm³/mol. The van der Waals surface area contributed by atoms with Gasteiger partial charge in [-0.05, 0) is 19.1 Å². The molecule has 0 amide bonds. The molecule has 0 fully saturated rings. The topological polar surface area (TPSA) is 69.4 Å². The standard InChI is InChI=1S/C13H9F3N4O2S/c1-2-22-10(21)8-5-3-4-7(6-8)9-19-20-11(13(14,15)16)17-18-12(20)23-9/h3-6H,2H2,1H3. The molecule has 0 atom stereocenters. The van der Waals surface area contributed by atoms with Crippen molar-refractivity contribution in [2.24, 2.45) is 0 Å². The van der Waals surface area contributed by atoms with Gasteiger partial charge in [0.1, 0.15) is 5.01 Å². The van der Waals surface area contributed by atoms with E-state index in [2.05, 4.69) is 15.3 Å². The first-order valence-corrected chi connectivity index (χ1v) is 7.29. The average molecular weight is 342 g/mol. The Balaban J connectivity index is 2.02. The summed E-state index contributed by atoms with van der Waals surface area (Å²) in [6.07, 6.45) is -4.64. The van der Waals surface area contributed by atoms with Crippen molar-refractivity contribution in [1.82, 2.24) is 19.8 Å². The Bertz CT molecular complexity index is 872. The summed E-state index contributed by atoms with van der Waals surface area (Å²) in [4.78, 5) is 11.7. The van der Waals surface area contributed by atoms with Crippen LogP contribution in [0.2, 0.25) is 0 Å². The minimum Gasteiger partial charge on any atom is -0.462 e. The number of esters is 1. The zero-order chi connectivity index (χ0) is 16.6. The van der Waals surface area contributed by atoms with Crippen LogP contribution in [-0.4, -0.2) is 32.4 Å². The molecule has 120 valence electrons. The molecule has 2 aromatic heterocycles. The molecule has 6 nitrogen and oxygen atoms in total. The van der Waals surface area contributed by atoms with Gasteiger partial charge >= 0.3 is 12.1 Å². The first-order chi connectivity index (χ1) is 10.9. The van der Waals surface area contributed by atoms with Crippen molar-refractivity contribution in [3.8, 4) is 10.6 Å². The van der Waals surface area contributed by atoms with Gasteiger partial charge in [-0.25, -0.2) is 4.79 Å². The molecule has 1 aromatic carbocycles. The van der Waals surface area contributed by atoms with Gasteiger partial charge in [0.25, 0.3) is 5.82 Å². The van der Waals surface area contributed by atoms with Crippen LogP contribution in [0, 0.1) is 0 Å². The van der Waals surface area contributed by atoms with Crippen LogP contribution in [0.5, 0.6) is 0 Å². The highest BCUT2D eigenvalue weighted by Gasteiger charge is 2.38. The summed E-state index contributed by atoms with van der Waals surface area (Å²) in [6.45, 7) is 1.91. The number of alkyl halides is 3. The number of hydrogen-bond donors (Lipinski definition) is 0. The van der Waals surface area contributed by atoms with Gasteiger partial charge < -0.3 is 4.74 Å². The van der Waals surface area contributed by atoms with Crippen molar-refractivity contribution in [3.63, 3.8) is 0 Å². The van der Waals surface area contributed by atoms with E-state index in [1.54, 1.807) is 25.1 Å². The molecule has 0 radical (unpaired) electrons. The number of aromatic nitrogens is 4. The lowest BCUT2D eigenvalue weighted by Crippen LogP contribution is -2.11. The highest BCUT2D eigenvalue weighted by Crippen LogP contribution is 2.31. The highest BCUT2D eigenvalue weighted by atomic mass is 32.1. The molecule has 0 N–H and O–H groups in total. The summed E-state index contributed by atoms with van der Waals surface area (Å²) in [5.74, 6) is -1.69. The second-order valence-electron chi connectivity index (χ2n) is 4.42. The minimum atomic E-state index is -4.64. The summed E-state index contributed by atoms with van der Waals surface area (Å²) in [7, 11) is 0. The van der Waals surface area contributed by atoms with E-state index in [1.807, 2.05) is 0 Å². The van der Waals surface area contributed by atoms with E-state index in [9.17, 15) is 18.0 Å². The minimum absolute atomic E-state index is 0.0221. The van der Waals surface area contributed by atoms with Crippen molar-refractivity contribution in [1.29, 1.82) is 0 Å². The number of carbonyl (C=O) groups excluding carboxylic acids is 1. The lowest BCUT2D eigenvalue weighted by Gasteiger charge is -2.03. The van der Waals surface area contributed by atoms with E-state index < -0.39 is 18.0 Å². The molecule has 3 rings (SSSR count). The van der Waals surface area contributed by atoms with Crippen molar-refractivity contribution in [3.05, 3.63) is 35.7 Å². The molecule has 0 spiro atoms. The summed E-state index contributed by atoms with van der Waals surface area (Å²) in [5.41, 5.74) is 0.797. The molecule has 0 aliphatic heterocycles. The fourth-order valence-electron chi connectivity index (χ4n) is 1.90. The smallest absolute Gasteiger partial charge is 0.453 e. The van der Waals surface area contributed by atoms with Gasteiger partial charge in [-0.15, -0.1) is 10.2 Å². The third-order valence-electron chi connectivity index (χ3n) is 2.87. The van der Waals surface area contributed by atoms with E-state index in [0.29, 0.717) is 20.6 Å². The van der Waals surface area contributed by atoms with Crippen molar-refractivity contribution in [2.75, 3.05) is 6.61 Å². The van der Waals surface area contributed by atoms with Gasteiger partial charge in [-0.1, -0.05) is 23.5 Å². The maximum atomic E-state index is 12.8. The molecule has 0 unspecified atom stereocenters. The third kappa shape index (κ3) is 2.89. The average Bonchev–Trinajstić information content (AvgIpc) is 3.06. The molecular formula is C13H9F3N4O2S. The summed E-state index contributed by atoms with van der Waals surface area (Å²) >= 11 is 0.947. The van der Waals surface area contributed by atoms with Crippen LogP contribution in [-0.2, 0) is 10.9 Å². The molecule has 23 heavy (non-hydrogen) atoms. The molecular weight excluding hydrogens is 333 g/mol. The maximum Gasteiger partial charge on any atom is 0.453 e. The van der Waals surface area contributed by atoms with Crippen LogP contribution in [0.15, 0.2) is 24.3 Å². The number of ether oxygens (including phenoxy) is 1. The van der Waals surface area contributed by atoms with Crippen LogP contribution in [0.1, 0.15) is 23.1 Å². The van der Waals surface area contributed by atoms with Crippen molar-refractivity contribution < 1.29 is 22.7 Å². The van der Waals surface area contributed by atoms with Gasteiger partial charge in [-0.3, -0.25) is 0 Å². The van der Waals surface area contributed by atoms with E-state index in [1.165, 1.54) is 6.07 Å². The SMILES string of the molecule is CCOC(=O)c1cccc(-c2nn3c(C(F)(F)F)nnc3s2)c1. The fourth-order valence-corrected chi connectivity index (χ4v) is 2.74. The lowest BCUT2D eigenvalue weighted by atomic mass is 10.1. The van der Waals surface area contributed by atoms with Crippen LogP contribution in [0.3, 0.4) is 0 Å². The number of nitrogens with zero attached hydrogens (tertiary/aromatic N) is 4. The van der Waals surface area contributed by atoms with Gasteiger partial charge in [0.15, 0.2) is 0 Å². The number of fused-ring (bicyclic) bond motifs is 1. The highest BCUT2D eigenvalue weighted by molar-refractivity contribution is 7.19. The molecule has 0 bridgehead atoms. The Morgan fingerprint density at radius 3 is 2.83 bits per heavy atom. The Labute approximate surface area is 131 Å². The Kier molecular flexibility index (Phi) is 3.76. The molecule has 2 heterocycles. The van der Waals surface area contributed by atoms with E-state index in [-0.39, 0.29) is 11.6 Å². The largest absolute Gasteiger partial charge is 0.462 e. The normalized spacial score (nSPS) is 11.8. The van der Waals surface area contributed by atoms with Gasteiger partial charge in [0.2, 0.25) is 4.96 Å². The van der Waals surface area contributed by atoms with Crippen molar-refractivity contribution >= 4 is 22.3 Å². The van der Waals surface area contributed by atoms with Gasteiger partial charge in [0, 0.05) is 5.56 Å². The molecule has 3 aromatic rings. The Morgan fingerprint density at radius 2 is 2.13 bits per heavy atom. The maximum absolute atomic E-state index is 12.8. The van der Waals surface area contributed by atoms with Crippen LogP contribution < -0.4 is 0 Å². The van der Waals surface area contributed by atoms with Crippen LogP contribution >= 0.6 is 11.3 Å². The molecule has 0 saturated heterocycles. The van der Waals surface area contributed by atoms with Gasteiger partial charge in [-0.2, -0.15) is 22.8 Å². The first-order valence-electron chi connectivity index (χ1n) is 6.47. The number of benzene rings is 1. The fraction of sp³-hybridized carbons (Fsp3) is 0.231. The van der Waals surface area contributed by atoms with E-state index >= 15 is 0 Å². The van der Waals surface area contributed by atoms with Gasteiger partial charge in [0.05, 0.1) is 12.2 Å². The second kappa shape index (κ2) is 5.61. The zero-order valence-corrected chi connectivity index (χ0v) is 12.5. The molecule has 0 aliphatic carbocycles. The van der Waals surface area contributed by atoms with Crippen LogP contribution in [0.4, 0.5) is 13.2 Å². The number of hydrogen-bond acceptors (Lipinski definition) is 6. The third-order valence-corrected chi connectivity index (χ3v) is 3.81. The monoisotopic (exact) mass is 342 g/mol. The van der Waals surface area contributed by atoms with Crippen LogP contribution in [0.25, 0.3) is 15.5 Å². The van der Waals surface area contributed by atoms with E-state index in [0.717, 1.165) is 11.3 Å². The second-order valence-corrected chi connectivity index (χ2v) is 5.38. The van der Waals surface area contributed by atoms with Crippen molar-refractivity contribution in [2.45, 2.75) is 13.1 Å². The van der Waals surface area contributed by atoms with E-state index in [4.69, 9.17) is 4.74 Å². The number of carbonyl (C=O) groups is 1. The first kappa shape index (κ1) is 15.4. The number of halogens is 3. The molecule has 10 heteroatoms. The summed E-state index contributed by atoms with van der Waals surface area (Å²) < 4.78 is 43.9. The number of rotatable bonds is 3. The zero-order valence-electron chi connectivity index (χ0n) is 11.7. The summed E-state index contributed by atoms with van der Waals surface area (Å²) in [5, 5.41) is 10.8. The Morgan fingerprint density at radius 1 is 1.35 bits per heavy atom. The lowest BCUT2D eigenvalue weighted by molar-refractivity contribution is -0.146. The Hall–Kier alpha value is -2.49. The molecule has 0 aliphatic rings. The quantitative estimate of drug-likeness (QED) is 0.684. The molecule has 0 saturated carbocycles. The summed E-state index contributed by atoms with van der Waals surface area (Å²) in [6, 6.07) is 6.32. The predicted octanol–water partition coefficient (Wildman–Crippen LogP) is 3.05.